The van der Waals surface area contributed by atoms with Crippen LogP contribution in [0.2, 0.25) is 0 Å². The fourth-order valence-corrected chi connectivity index (χ4v) is 4.33. The second kappa shape index (κ2) is 6.64. The summed E-state index contributed by atoms with van der Waals surface area (Å²) < 4.78 is 33.8. The van der Waals surface area contributed by atoms with Crippen LogP contribution in [0.3, 0.4) is 0 Å². The van der Waals surface area contributed by atoms with Crippen LogP contribution >= 0.6 is 0 Å². The van der Waals surface area contributed by atoms with Crippen LogP contribution in [0.4, 0.5) is 5.69 Å². The monoisotopic (exact) mass is 313 g/mol. The number of rotatable bonds is 5. The molecule has 21 heavy (non-hydrogen) atoms. The molecule has 2 N–H and O–H groups in total. The van der Waals surface area contributed by atoms with E-state index in [4.69, 9.17) is 10.5 Å². The van der Waals surface area contributed by atoms with Gasteiger partial charge in [0.1, 0.15) is 5.75 Å². The number of hydrogen-bond acceptors (Lipinski definition) is 4. The lowest BCUT2D eigenvalue weighted by Crippen LogP contribution is -2.52. The number of benzene rings is 1. The number of para-hydroxylation sites is 2. The fourth-order valence-electron chi connectivity index (χ4n) is 2.68. The first-order chi connectivity index (χ1) is 10.0. The molecule has 0 spiro atoms. The number of methoxy groups -OCH3 is 1. The molecule has 1 aliphatic rings. The minimum atomic E-state index is -3.60. The molecule has 0 bridgehead atoms. The zero-order chi connectivity index (χ0) is 15.5. The first-order valence-corrected chi connectivity index (χ1v) is 8.51. The zero-order valence-corrected chi connectivity index (χ0v) is 13.3. The third kappa shape index (κ3) is 3.14. The average Bonchev–Trinajstić information content (AvgIpc) is 2.53. The van der Waals surface area contributed by atoms with Crippen molar-refractivity contribution in [3.8, 4) is 5.75 Å². The lowest BCUT2D eigenvalue weighted by molar-refractivity contribution is 0.257. The summed E-state index contributed by atoms with van der Waals surface area (Å²) in [7, 11) is -0.521. The quantitative estimate of drug-likeness (QED) is 0.886. The summed E-state index contributed by atoms with van der Waals surface area (Å²) in [5.41, 5.74) is 6.26. The molecular weight excluding hydrogens is 290 g/mol. The van der Waals surface area contributed by atoms with Crippen molar-refractivity contribution < 1.29 is 13.2 Å². The van der Waals surface area contributed by atoms with Gasteiger partial charge in [0.05, 0.1) is 12.8 Å². The Labute approximate surface area is 126 Å². The smallest absolute Gasteiger partial charge is 0.304 e. The van der Waals surface area contributed by atoms with Crippen molar-refractivity contribution in [1.82, 2.24) is 4.31 Å². The van der Waals surface area contributed by atoms with E-state index >= 15 is 0 Å². The Balaban J connectivity index is 2.33. The van der Waals surface area contributed by atoms with E-state index < -0.39 is 10.2 Å². The SMILES string of the molecule is COc1ccccc1N(C)S(=O)(=O)N1CCCCC1CN. The van der Waals surface area contributed by atoms with Gasteiger partial charge in [0.15, 0.2) is 0 Å². The first kappa shape index (κ1) is 16.1. The minimum Gasteiger partial charge on any atom is -0.495 e. The van der Waals surface area contributed by atoms with Gasteiger partial charge in [-0.2, -0.15) is 12.7 Å². The molecule has 0 aliphatic carbocycles. The van der Waals surface area contributed by atoms with Crippen molar-refractivity contribution in [2.45, 2.75) is 25.3 Å². The van der Waals surface area contributed by atoms with Gasteiger partial charge in [0.25, 0.3) is 0 Å². The molecule has 1 atom stereocenters. The molecule has 1 aromatic rings. The molecular formula is C14H23N3O3S. The highest BCUT2D eigenvalue weighted by Crippen LogP contribution is 2.31. The highest BCUT2D eigenvalue weighted by atomic mass is 32.2. The van der Waals surface area contributed by atoms with Gasteiger partial charge >= 0.3 is 10.2 Å². The molecule has 1 aliphatic heterocycles. The summed E-state index contributed by atoms with van der Waals surface area (Å²) in [5, 5.41) is 0. The maximum absolute atomic E-state index is 12.9. The Morgan fingerprint density at radius 1 is 1.38 bits per heavy atom. The molecule has 0 saturated carbocycles. The Kier molecular flexibility index (Phi) is 5.08. The molecule has 0 aromatic heterocycles. The molecule has 1 unspecified atom stereocenters. The highest BCUT2D eigenvalue weighted by Gasteiger charge is 2.35. The summed E-state index contributed by atoms with van der Waals surface area (Å²) in [4.78, 5) is 0. The molecule has 6 nitrogen and oxygen atoms in total. The van der Waals surface area contributed by atoms with Crippen LogP contribution in [0, 0.1) is 0 Å². The van der Waals surface area contributed by atoms with Crippen molar-refractivity contribution in [2.24, 2.45) is 5.73 Å². The van der Waals surface area contributed by atoms with Gasteiger partial charge in [-0.15, -0.1) is 0 Å². The Hall–Kier alpha value is -1.31. The molecule has 0 amide bonds. The molecule has 1 aromatic carbocycles. The van der Waals surface area contributed by atoms with E-state index in [1.807, 2.05) is 6.07 Å². The van der Waals surface area contributed by atoms with Crippen LogP contribution in [0.5, 0.6) is 5.75 Å². The van der Waals surface area contributed by atoms with E-state index in [1.54, 1.807) is 25.2 Å². The number of anilines is 1. The van der Waals surface area contributed by atoms with Crippen LogP contribution in [-0.4, -0.2) is 46.0 Å². The van der Waals surface area contributed by atoms with E-state index in [9.17, 15) is 8.42 Å². The van der Waals surface area contributed by atoms with E-state index in [-0.39, 0.29) is 6.04 Å². The summed E-state index contributed by atoms with van der Waals surface area (Å²) in [5.74, 6) is 0.532. The van der Waals surface area contributed by atoms with Crippen molar-refractivity contribution in [3.05, 3.63) is 24.3 Å². The Morgan fingerprint density at radius 3 is 2.76 bits per heavy atom. The van der Waals surface area contributed by atoms with Gasteiger partial charge in [-0.1, -0.05) is 18.6 Å². The van der Waals surface area contributed by atoms with Crippen LogP contribution in [0.15, 0.2) is 24.3 Å². The minimum absolute atomic E-state index is 0.124. The maximum Gasteiger partial charge on any atom is 0.304 e. The van der Waals surface area contributed by atoms with Crippen molar-refractivity contribution in [2.75, 3.05) is 31.6 Å². The summed E-state index contributed by atoms with van der Waals surface area (Å²) in [6, 6.07) is 6.96. The van der Waals surface area contributed by atoms with Crippen LogP contribution in [0.25, 0.3) is 0 Å². The van der Waals surface area contributed by atoms with Crippen molar-refractivity contribution in [3.63, 3.8) is 0 Å². The number of ether oxygens (including phenoxy) is 1. The van der Waals surface area contributed by atoms with Crippen molar-refractivity contribution >= 4 is 15.9 Å². The van der Waals surface area contributed by atoms with Crippen molar-refractivity contribution in [1.29, 1.82) is 0 Å². The largest absolute Gasteiger partial charge is 0.495 e. The first-order valence-electron chi connectivity index (χ1n) is 7.11. The highest BCUT2D eigenvalue weighted by molar-refractivity contribution is 7.90. The van der Waals surface area contributed by atoms with Crippen LogP contribution in [0.1, 0.15) is 19.3 Å². The molecule has 1 fully saturated rings. The van der Waals surface area contributed by atoms with Gasteiger partial charge in [0, 0.05) is 26.2 Å². The topological polar surface area (TPSA) is 75.9 Å². The number of nitrogens with two attached hydrogens (primary N) is 1. The second-order valence-electron chi connectivity index (χ2n) is 5.14. The van der Waals surface area contributed by atoms with Gasteiger partial charge in [-0.25, -0.2) is 0 Å². The lowest BCUT2D eigenvalue weighted by atomic mass is 10.1. The predicted octanol–water partition coefficient (Wildman–Crippen LogP) is 1.19. The third-order valence-corrected chi connectivity index (χ3v) is 5.87. The van der Waals surface area contributed by atoms with Gasteiger partial charge in [-0.05, 0) is 25.0 Å². The third-order valence-electron chi connectivity index (χ3n) is 3.91. The lowest BCUT2D eigenvalue weighted by Gasteiger charge is -2.37. The zero-order valence-electron chi connectivity index (χ0n) is 12.5. The molecule has 7 heteroatoms. The van der Waals surface area contributed by atoms with Gasteiger partial charge in [-0.3, -0.25) is 4.31 Å². The summed E-state index contributed by atoms with van der Waals surface area (Å²) >= 11 is 0. The Bertz CT molecular complexity index is 577. The van der Waals surface area contributed by atoms with E-state index in [1.165, 1.54) is 15.7 Å². The van der Waals surface area contributed by atoms with Crippen LogP contribution in [-0.2, 0) is 10.2 Å². The molecule has 1 heterocycles. The van der Waals surface area contributed by atoms with Gasteiger partial charge in [0.2, 0.25) is 0 Å². The summed E-state index contributed by atoms with van der Waals surface area (Å²) in [6.07, 6.45) is 2.71. The number of piperidine rings is 1. The molecule has 2 rings (SSSR count). The predicted molar refractivity (Wildman–Crippen MR) is 83.7 cm³/mol. The maximum atomic E-state index is 12.9. The summed E-state index contributed by atoms with van der Waals surface area (Å²) in [6.45, 7) is 0.864. The molecule has 1 saturated heterocycles. The number of nitrogens with zero attached hydrogens (tertiary/aromatic N) is 2. The average molecular weight is 313 g/mol. The van der Waals surface area contributed by atoms with E-state index in [2.05, 4.69) is 0 Å². The number of hydrogen-bond donors (Lipinski definition) is 1. The molecule has 118 valence electrons. The molecule has 0 radical (unpaired) electrons. The van der Waals surface area contributed by atoms with E-state index in [0.29, 0.717) is 24.5 Å². The normalized spacial score (nSPS) is 20.2. The van der Waals surface area contributed by atoms with E-state index in [0.717, 1.165) is 19.3 Å². The Morgan fingerprint density at radius 2 is 2.10 bits per heavy atom. The van der Waals surface area contributed by atoms with Gasteiger partial charge < -0.3 is 10.5 Å². The van der Waals surface area contributed by atoms with Crippen LogP contribution < -0.4 is 14.8 Å². The second-order valence-corrected chi connectivity index (χ2v) is 7.06. The fraction of sp³-hybridized carbons (Fsp3) is 0.571. The standard InChI is InChI=1S/C14H23N3O3S/c1-16(13-8-3-4-9-14(13)20-2)21(18,19)17-10-6-5-7-12(17)11-15/h3-4,8-9,12H,5-7,10-11,15H2,1-2H3.